The van der Waals surface area contributed by atoms with Crippen LogP contribution in [0.4, 0.5) is 0 Å². The van der Waals surface area contributed by atoms with Gasteiger partial charge in [-0.1, -0.05) is 32.4 Å². The molecule has 1 aliphatic heterocycles. The maximum atomic E-state index is 12.2. The number of hydrogen-bond acceptors (Lipinski definition) is 4. The Balaban J connectivity index is 2.24. The molecule has 1 heterocycles. The van der Waals surface area contributed by atoms with Crippen molar-refractivity contribution in [3.05, 3.63) is 23.3 Å². The molecule has 5 atom stereocenters. The highest BCUT2D eigenvalue weighted by Crippen LogP contribution is 2.35. The van der Waals surface area contributed by atoms with E-state index in [-0.39, 0.29) is 41.9 Å². The van der Waals surface area contributed by atoms with Gasteiger partial charge >= 0.3 is 11.9 Å². The van der Waals surface area contributed by atoms with Gasteiger partial charge in [-0.3, -0.25) is 9.59 Å². The van der Waals surface area contributed by atoms with Gasteiger partial charge in [-0.15, -0.1) is 0 Å². The number of hydrogen-bond donors (Lipinski definition) is 0. The fourth-order valence-electron chi connectivity index (χ4n) is 3.28. The first kappa shape index (κ1) is 18.8. The van der Waals surface area contributed by atoms with E-state index in [2.05, 4.69) is 13.0 Å². The molecule has 1 fully saturated rings. The molecule has 2 aliphatic rings. The summed E-state index contributed by atoms with van der Waals surface area (Å²) in [5.41, 5.74) is 2.24. The molecule has 24 heavy (non-hydrogen) atoms. The zero-order valence-electron chi connectivity index (χ0n) is 15.5. The summed E-state index contributed by atoms with van der Waals surface area (Å²) >= 11 is 0. The molecule has 0 bridgehead atoms. The topological polar surface area (TPSA) is 52.6 Å². The average Bonchev–Trinajstić information content (AvgIpc) is 2.81. The van der Waals surface area contributed by atoms with Gasteiger partial charge in [0, 0.05) is 12.3 Å². The molecular weight excluding hydrogens is 304 g/mol. The van der Waals surface area contributed by atoms with Crippen molar-refractivity contribution in [2.24, 2.45) is 17.8 Å². The third-order valence-electron chi connectivity index (χ3n) is 5.45. The molecule has 134 valence electrons. The minimum absolute atomic E-state index is 0.0765. The van der Waals surface area contributed by atoms with E-state index in [4.69, 9.17) is 9.47 Å². The van der Waals surface area contributed by atoms with Crippen molar-refractivity contribution in [2.45, 2.75) is 72.5 Å². The van der Waals surface area contributed by atoms with Crippen LogP contribution in [0.25, 0.3) is 0 Å². The molecule has 0 N–H and O–H groups in total. The largest absolute Gasteiger partial charge is 0.458 e. The van der Waals surface area contributed by atoms with Crippen LogP contribution >= 0.6 is 0 Å². The molecule has 0 aromatic heterocycles. The molecule has 0 amide bonds. The number of fused-ring (bicyclic) bond motifs is 1. The second-order valence-electron chi connectivity index (χ2n) is 7.32. The van der Waals surface area contributed by atoms with Crippen LogP contribution in [0.15, 0.2) is 23.3 Å². The van der Waals surface area contributed by atoms with Crippen molar-refractivity contribution >= 4 is 11.9 Å². The van der Waals surface area contributed by atoms with Crippen LogP contribution in [-0.2, 0) is 19.1 Å². The van der Waals surface area contributed by atoms with Gasteiger partial charge in [-0.25, -0.2) is 0 Å². The third-order valence-corrected chi connectivity index (χ3v) is 5.45. The van der Waals surface area contributed by atoms with Crippen LogP contribution in [0.5, 0.6) is 0 Å². The lowest BCUT2D eigenvalue weighted by Crippen LogP contribution is -2.26. The minimum Gasteiger partial charge on any atom is -0.458 e. The van der Waals surface area contributed by atoms with Gasteiger partial charge < -0.3 is 9.47 Å². The van der Waals surface area contributed by atoms with Gasteiger partial charge in [-0.05, 0) is 44.8 Å². The number of carbonyl (C=O) groups excluding carboxylic acids is 2. The molecule has 0 saturated carbocycles. The standard InChI is InChI=1S/C20H30O4/c1-6-13(3)19(21)23-17-10-8-12(2)7-9-16-15(5)20(22)24-18(16)11-14(17)4/h8,11,13,15-18H,6-7,9-10H2,1-5H3/t13?,15?,16-,17?,18?/m0/s1. The number of carbonyl (C=O) groups is 2. The highest BCUT2D eigenvalue weighted by atomic mass is 16.6. The first-order valence-corrected chi connectivity index (χ1v) is 9.08. The second kappa shape index (κ2) is 8.00. The quantitative estimate of drug-likeness (QED) is 0.573. The number of rotatable bonds is 3. The lowest BCUT2D eigenvalue weighted by atomic mass is 9.84. The number of esters is 2. The number of ether oxygens (including phenoxy) is 2. The summed E-state index contributed by atoms with van der Waals surface area (Å²) in [6.45, 7) is 9.88. The van der Waals surface area contributed by atoms with Crippen molar-refractivity contribution in [2.75, 3.05) is 0 Å². The molecule has 4 heteroatoms. The van der Waals surface area contributed by atoms with Crippen molar-refractivity contribution in [1.29, 1.82) is 0 Å². The zero-order chi connectivity index (χ0) is 17.9. The van der Waals surface area contributed by atoms with E-state index >= 15 is 0 Å². The summed E-state index contributed by atoms with van der Waals surface area (Å²) in [6.07, 6.45) is 7.00. The summed E-state index contributed by atoms with van der Waals surface area (Å²) in [4.78, 5) is 24.2. The van der Waals surface area contributed by atoms with Gasteiger partial charge in [0.25, 0.3) is 0 Å². The van der Waals surface area contributed by atoms with E-state index in [0.717, 1.165) is 24.8 Å². The molecule has 1 saturated heterocycles. The summed E-state index contributed by atoms with van der Waals surface area (Å²) in [5, 5.41) is 0. The van der Waals surface area contributed by atoms with Crippen LogP contribution in [0.1, 0.15) is 60.3 Å². The Hall–Kier alpha value is -1.58. The van der Waals surface area contributed by atoms with Crippen LogP contribution in [0.2, 0.25) is 0 Å². The SMILES string of the molecule is CCC(C)C(=O)OC1CC=C(C)CC[C@@H]2C(C=C1C)OC(=O)C2C. The Morgan fingerprint density at radius 3 is 2.79 bits per heavy atom. The molecule has 2 rings (SSSR count). The van der Waals surface area contributed by atoms with Crippen LogP contribution in [-0.4, -0.2) is 24.1 Å². The van der Waals surface area contributed by atoms with Gasteiger partial charge in [0.05, 0.1) is 11.8 Å². The molecule has 0 aromatic rings. The fraction of sp³-hybridized carbons (Fsp3) is 0.700. The maximum Gasteiger partial charge on any atom is 0.309 e. The molecule has 0 radical (unpaired) electrons. The Bertz CT molecular complexity index is 546. The van der Waals surface area contributed by atoms with Gasteiger partial charge in [0.2, 0.25) is 0 Å². The molecule has 0 aromatic carbocycles. The second-order valence-corrected chi connectivity index (χ2v) is 7.32. The fourth-order valence-corrected chi connectivity index (χ4v) is 3.28. The highest BCUT2D eigenvalue weighted by molar-refractivity contribution is 5.75. The van der Waals surface area contributed by atoms with E-state index < -0.39 is 0 Å². The first-order chi connectivity index (χ1) is 11.3. The lowest BCUT2D eigenvalue weighted by Gasteiger charge is -2.24. The minimum atomic E-state index is -0.283. The Labute approximate surface area is 145 Å². The summed E-state index contributed by atoms with van der Waals surface area (Å²) in [6, 6.07) is 0. The van der Waals surface area contributed by atoms with E-state index in [1.165, 1.54) is 5.57 Å². The third kappa shape index (κ3) is 4.28. The van der Waals surface area contributed by atoms with Gasteiger partial charge in [0.1, 0.15) is 12.2 Å². The Morgan fingerprint density at radius 2 is 2.12 bits per heavy atom. The van der Waals surface area contributed by atoms with Crippen LogP contribution in [0, 0.1) is 17.8 Å². The van der Waals surface area contributed by atoms with Crippen molar-refractivity contribution in [1.82, 2.24) is 0 Å². The van der Waals surface area contributed by atoms with Gasteiger partial charge in [-0.2, -0.15) is 0 Å². The maximum absolute atomic E-state index is 12.2. The molecule has 0 spiro atoms. The van der Waals surface area contributed by atoms with Crippen molar-refractivity contribution < 1.29 is 19.1 Å². The number of allylic oxidation sites excluding steroid dienone is 1. The summed E-state index contributed by atoms with van der Waals surface area (Å²) in [5.74, 6) is -0.266. The Morgan fingerprint density at radius 1 is 1.42 bits per heavy atom. The predicted molar refractivity (Wildman–Crippen MR) is 93.2 cm³/mol. The monoisotopic (exact) mass is 334 g/mol. The highest BCUT2D eigenvalue weighted by Gasteiger charge is 2.40. The van der Waals surface area contributed by atoms with Crippen LogP contribution in [0.3, 0.4) is 0 Å². The van der Waals surface area contributed by atoms with Crippen molar-refractivity contribution in [3.8, 4) is 0 Å². The van der Waals surface area contributed by atoms with E-state index in [0.29, 0.717) is 6.42 Å². The summed E-state index contributed by atoms with van der Waals surface area (Å²) in [7, 11) is 0. The molecule has 4 unspecified atom stereocenters. The lowest BCUT2D eigenvalue weighted by molar-refractivity contribution is -0.152. The van der Waals surface area contributed by atoms with E-state index in [9.17, 15) is 9.59 Å². The van der Waals surface area contributed by atoms with Gasteiger partial charge in [0.15, 0.2) is 0 Å². The average molecular weight is 334 g/mol. The first-order valence-electron chi connectivity index (χ1n) is 9.08. The summed E-state index contributed by atoms with van der Waals surface area (Å²) < 4.78 is 11.3. The normalized spacial score (nSPS) is 32.1. The van der Waals surface area contributed by atoms with Crippen LogP contribution < -0.4 is 0 Å². The Kier molecular flexibility index (Phi) is 6.25. The predicted octanol–water partition coefficient (Wildman–Crippen LogP) is 4.20. The van der Waals surface area contributed by atoms with E-state index in [1.807, 2.05) is 33.8 Å². The van der Waals surface area contributed by atoms with E-state index in [1.54, 1.807) is 0 Å². The molecule has 1 aliphatic carbocycles. The van der Waals surface area contributed by atoms with Crippen molar-refractivity contribution in [3.63, 3.8) is 0 Å². The molecule has 4 nitrogen and oxygen atoms in total. The zero-order valence-corrected chi connectivity index (χ0v) is 15.5. The smallest absolute Gasteiger partial charge is 0.309 e. The molecular formula is C20H30O4.